The second kappa shape index (κ2) is 7.03. The van der Waals surface area contributed by atoms with Crippen molar-refractivity contribution >= 4 is 11.6 Å². The van der Waals surface area contributed by atoms with E-state index in [1.165, 1.54) is 6.92 Å². The SMILES string of the molecule is CC(=O)Nc1ccc(CNCC(O)C(F)F)cc1. The second-order valence-corrected chi connectivity index (χ2v) is 3.91. The summed E-state index contributed by atoms with van der Waals surface area (Å²) in [6, 6.07) is 6.99. The lowest BCUT2D eigenvalue weighted by Crippen LogP contribution is -2.31. The highest BCUT2D eigenvalue weighted by atomic mass is 19.3. The van der Waals surface area contributed by atoms with Crippen LogP contribution in [0.5, 0.6) is 0 Å². The van der Waals surface area contributed by atoms with E-state index in [1.807, 2.05) is 0 Å². The number of nitrogens with one attached hydrogen (secondary N) is 2. The van der Waals surface area contributed by atoms with E-state index in [2.05, 4.69) is 10.6 Å². The summed E-state index contributed by atoms with van der Waals surface area (Å²) in [5, 5.41) is 14.2. The van der Waals surface area contributed by atoms with E-state index in [0.29, 0.717) is 12.2 Å². The van der Waals surface area contributed by atoms with Crippen LogP contribution in [0.3, 0.4) is 0 Å². The largest absolute Gasteiger partial charge is 0.386 e. The van der Waals surface area contributed by atoms with E-state index in [4.69, 9.17) is 5.11 Å². The van der Waals surface area contributed by atoms with Gasteiger partial charge in [-0.25, -0.2) is 8.78 Å². The number of anilines is 1. The van der Waals surface area contributed by atoms with Crippen LogP contribution in [0.25, 0.3) is 0 Å². The number of carbonyl (C=O) groups is 1. The van der Waals surface area contributed by atoms with Gasteiger partial charge in [0.05, 0.1) is 0 Å². The highest BCUT2D eigenvalue weighted by Crippen LogP contribution is 2.09. The minimum atomic E-state index is -2.74. The first-order valence-electron chi connectivity index (χ1n) is 5.52. The summed E-state index contributed by atoms with van der Waals surface area (Å²) in [7, 11) is 0. The normalized spacial score (nSPS) is 12.5. The molecule has 1 aromatic carbocycles. The molecule has 0 aliphatic heterocycles. The zero-order chi connectivity index (χ0) is 13.5. The van der Waals surface area contributed by atoms with Crippen LogP contribution in [-0.4, -0.2) is 30.1 Å². The van der Waals surface area contributed by atoms with Crippen LogP contribution in [0.15, 0.2) is 24.3 Å². The Kier molecular flexibility index (Phi) is 5.67. The molecule has 1 amide bonds. The van der Waals surface area contributed by atoms with E-state index in [-0.39, 0.29) is 12.5 Å². The zero-order valence-corrected chi connectivity index (χ0v) is 9.99. The third-order valence-corrected chi connectivity index (χ3v) is 2.25. The first-order valence-corrected chi connectivity index (χ1v) is 5.52. The molecule has 100 valence electrons. The van der Waals surface area contributed by atoms with E-state index < -0.39 is 12.5 Å². The molecule has 1 unspecified atom stereocenters. The lowest BCUT2D eigenvalue weighted by molar-refractivity contribution is -0.114. The Morgan fingerprint density at radius 1 is 1.33 bits per heavy atom. The average molecular weight is 258 g/mol. The van der Waals surface area contributed by atoms with Gasteiger partial charge in [-0.3, -0.25) is 4.79 Å². The number of hydrogen-bond donors (Lipinski definition) is 3. The maximum absolute atomic E-state index is 12.0. The van der Waals surface area contributed by atoms with Crippen molar-refractivity contribution in [1.82, 2.24) is 5.32 Å². The number of amides is 1. The monoisotopic (exact) mass is 258 g/mol. The maximum atomic E-state index is 12.0. The van der Waals surface area contributed by atoms with Gasteiger partial charge in [-0.1, -0.05) is 12.1 Å². The van der Waals surface area contributed by atoms with Gasteiger partial charge in [0.1, 0.15) is 6.10 Å². The summed E-state index contributed by atoms with van der Waals surface area (Å²) in [5.74, 6) is -0.152. The molecule has 1 rings (SSSR count). The molecule has 1 atom stereocenters. The Balaban J connectivity index is 2.37. The standard InChI is InChI=1S/C12H16F2N2O2/c1-8(17)16-10-4-2-9(3-5-10)6-15-7-11(18)12(13)14/h2-5,11-12,15,18H,6-7H2,1H3,(H,16,17). The summed E-state index contributed by atoms with van der Waals surface area (Å²) in [5.41, 5.74) is 1.56. The molecule has 6 heteroatoms. The van der Waals surface area contributed by atoms with Crippen LogP contribution in [0, 0.1) is 0 Å². The molecular weight excluding hydrogens is 242 g/mol. The summed E-state index contributed by atoms with van der Waals surface area (Å²) in [4.78, 5) is 10.8. The van der Waals surface area contributed by atoms with Crippen molar-refractivity contribution in [2.24, 2.45) is 0 Å². The van der Waals surface area contributed by atoms with Crippen molar-refractivity contribution in [1.29, 1.82) is 0 Å². The fraction of sp³-hybridized carbons (Fsp3) is 0.417. The number of benzene rings is 1. The molecule has 3 N–H and O–H groups in total. The summed E-state index contributed by atoms with van der Waals surface area (Å²) in [6.07, 6.45) is -4.39. The predicted octanol–water partition coefficient (Wildman–Crippen LogP) is 1.36. The minimum absolute atomic E-state index is 0.152. The van der Waals surface area contributed by atoms with Gasteiger partial charge < -0.3 is 15.7 Å². The number of rotatable bonds is 6. The minimum Gasteiger partial charge on any atom is -0.386 e. The lowest BCUT2D eigenvalue weighted by Gasteiger charge is -2.11. The van der Waals surface area contributed by atoms with E-state index in [1.54, 1.807) is 24.3 Å². The van der Waals surface area contributed by atoms with Crippen molar-refractivity contribution in [2.45, 2.75) is 26.0 Å². The van der Waals surface area contributed by atoms with Crippen LogP contribution in [0.1, 0.15) is 12.5 Å². The lowest BCUT2D eigenvalue weighted by atomic mass is 10.2. The topological polar surface area (TPSA) is 61.4 Å². The van der Waals surface area contributed by atoms with Gasteiger partial charge in [0.15, 0.2) is 0 Å². The first kappa shape index (κ1) is 14.5. The Morgan fingerprint density at radius 2 is 1.94 bits per heavy atom. The second-order valence-electron chi connectivity index (χ2n) is 3.91. The Morgan fingerprint density at radius 3 is 2.44 bits per heavy atom. The zero-order valence-electron chi connectivity index (χ0n) is 9.99. The average Bonchev–Trinajstić information content (AvgIpc) is 2.30. The molecule has 0 fully saturated rings. The highest BCUT2D eigenvalue weighted by molar-refractivity contribution is 5.88. The molecule has 4 nitrogen and oxygen atoms in total. The molecule has 18 heavy (non-hydrogen) atoms. The van der Waals surface area contributed by atoms with Gasteiger partial charge in [0, 0.05) is 25.7 Å². The molecule has 0 saturated carbocycles. The van der Waals surface area contributed by atoms with Crippen LogP contribution < -0.4 is 10.6 Å². The van der Waals surface area contributed by atoms with Crippen molar-refractivity contribution in [3.8, 4) is 0 Å². The van der Waals surface area contributed by atoms with E-state index in [0.717, 1.165) is 5.56 Å². The van der Waals surface area contributed by atoms with Crippen molar-refractivity contribution in [3.05, 3.63) is 29.8 Å². The highest BCUT2D eigenvalue weighted by Gasteiger charge is 2.15. The molecule has 0 spiro atoms. The van der Waals surface area contributed by atoms with Gasteiger partial charge in [0.2, 0.25) is 5.91 Å². The van der Waals surface area contributed by atoms with Gasteiger partial charge in [-0.05, 0) is 17.7 Å². The summed E-state index contributed by atoms with van der Waals surface area (Å²) < 4.78 is 24.0. The molecule has 0 aliphatic carbocycles. The number of aliphatic hydroxyl groups is 1. The first-order chi connectivity index (χ1) is 8.49. The number of alkyl halides is 2. The fourth-order valence-corrected chi connectivity index (χ4v) is 1.36. The fourth-order valence-electron chi connectivity index (χ4n) is 1.36. The quantitative estimate of drug-likeness (QED) is 0.722. The molecule has 0 aliphatic rings. The van der Waals surface area contributed by atoms with Crippen molar-refractivity contribution in [2.75, 3.05) is 11.9 Å². The van der Waals surface area contributed by atoms with Gasteiger partial charge >= 0.3 is 0 Å². The molecule has 0 bridgehead atoms. The summed E-state index contributed by atoms with van der Waals surface area (Å²) >= 11 is 0. The van der Waals surface area contributed by atoms with Crippen molar-refractivity contribution < 1.29 is 18.7 Å². The van der Waals surface area contributed by atoms with Gasteiger partial charge in [-0.2, -0.15) is 0 Å². The van der Waals surface area contributed by atoms with Crippen LogP contribution >= 0.6 is 0 Å². The Labute approximate surface area is 104 Å². The Bertz CT molecular complexity index is 382. The third-order valence-electron chi connectivity index (χ3n) is 2.25. The molecular formula is C12H16F2N2O2. The van der Waals surface area contributed by atoms with Gasteiger partial charge in [0.25, 0.3) is 6.43 Å². The van der Waals surface area contributed by atoms with Crippen LogP contribution in [0.2, 0.25) is 0 Å². The number of hydrogen-bond acceptors (Lipinski definition) is 3. The maximum Gasteiger partial charge on any atom is 0.265 e. The number of carbonyl (C=O) groups excluding carboxylic acids is 1. The van der Waals surface area contributed by atoms with Gasteiger partial charge in [-0.15, -0.1) is 0 Å². The smallest absolute Gasteiger partial charge is 0.265 e. The molecule has 0 radical (unpaired) electrons. The van der Waals surface area contributed by atoms with Crippen LogP contribution in [0.4, 0.5) is 14.5 Å². The molecule has 0 aromatic heterocycles. The van der Waals surface area contributed by atoms with E-state index in [9.17, 15) is 13.6 Å². The molecule has 1 aromatic rings. The van der Waals surface area contributed by atoms with Crippen molar-refractivity contribution in [3.63, 3.8) is 0 Å². The molecule has 0 saturated heterocycles. The number of halogens is 2. The Hall–Kier alpha value is -1.53. The van der Waals surface area contributed by atoms with Crippen LogP contribution in [-0.2, 0) is 11.3 Å². The molecule has 0 heterocycles. The van der Waals surface area contributed by atoms with E-state index >= 15 is 0 Å². The summed E-state index contributed by atoms with van der Waals surface area (Å²) in [6.45, 7) is 1.64. The third kappa shape index (κ3) is 5.20. The predicted molar refractivity (Wildman–Crippen MR) is 64.5 cm³/mol. The number of aliphatic hydroxyl groups excluding tert-OH is 1.